The SMILES string of the molecule is CC(C)(CNc1ccc2ncccc2c1N)c1cccs1. The van der Waals surface area contributed by atoms with Crippen molar-refractivity contribution in [2.24, 2.45) is 0 Å². The highest BCUT2D eigenvalue weighted by Crippen LogP contribution is 2.31. The highest BCUT2D eigenvalue weighted by atomic mass is 32.1. The number of nitrogens with two attached hydrogens (primary N) is 1. The maximum atomic E-state index is 6.27. The maximum Gasteiger partial charge on any atom is 0.0724 e. The molecule has 2 aromatic heterocycles. The summed E-state index contributed by atoms with van der Waals surface area (Å²) < 4.78 is 0. The van der Waals surface area contributed by atoms with Crippen LogP contribution in [0.3, 0.4) is 0 Å². The molecule has 0 radical (unpaired) electrons. The van der Waals surface area contributed by atoms with E-state index in [1.807, 2.05) is 24.3 Å². The van der Waals surface area contributed by atoms with E-state index in [9.17, 15) is 0 Å². The number of fused-ring (bicyclic) bond motifs is 1. The topological polar surface area (TPSA) is 50.9 Å². The van der Waals surface area contributed by atoms with E-state index in [1.54, 1.807) is 17.5 Å². The number of aromatic nitrogens is 1. The van der Waals surface area contributed by atoms with Gasteiger partial charge in [-0.05, 0) is 35.7 Å². The Kier molecular flexibility index (Phi) is 3.55. The van der Waals surface area contributed by atoms with Gasteiger partial charge in [0, 0.05) is 28.4 Å². The van der Waals surface area contributed by atoms with E-state index in [1.165, 1.54) is 4.88 Å². The largest absolute Gasteiger partial charge is 0.397 e. The molecule has 0 atom stereocenters. The molecule has 3 aromatic rings. The lowest BCUT2D eigenvalue weighted by atomic mass is 9.91. The lowest BCUT2D eigenvalue weighted by Gasteiger charge is -2.25. The fourth-order valence-electron chi connectivity index (χ4n) is 2.40. The maximum absolute atomic E-state index is 6.27. The quantitative estimate of drug-likeness (QED) is 0.707. The summed E-state index contributed by atoms with van der Waals surface area (Å²) >= 11 is 1.79. The van der Waals surface area contributed by atoms with Crippen LogP contribution in [0.15, 0.2) is 48.0 Å². The Labute approximate surface area is 128 Å². The molecule has 4 heteroatoms. The average molecular weight is 297 g/mol. The van der Waals surface area contributed by atoms with Crippen molar-refractivity contribution in [1.29, 1.82) is 0 Å². The fraction of sp³-hybridized carbons (Fsp3) is 0.235. The van der Waals surface area contributed by atoms with Crippen LogP contribution in [0.25, 0.3) is 10.9 Å². The molecule has 2 heterocycles. The van der Waals surface area contributed by atoms with Crippen molar-refractivity contribution in [1.82, 2.24) is 4.98 Å². The summed E-state index contributed by atoms with van der Waals surface area (Å²) in [6, 6.07) is 12.2. The Balaban J connectivity index is 1.84. The smallest absolute Gasteiger partial charge is 0.0724 e. The number of hydrogen-bond donors (Lipinski definition) is 2. The van der Waals surface area contributed by atoms with Crippen molar-refractivity contribution >= 4 is 33.6 Å². The van der Waals surface area contributed by atoms with E-state index >= 15 is 0 Å². The van der Waals surface area contributed by atoms with Crippen LogP contribution in [-0.2, 0) is 5.41 Å². The summed E-state index contributed by atoms with van der Waals surface area (Å²) in [5, 5.41) is 6.60. The molecule has 3 N–H and O–H groups in total. The van der Waals surface area contributed by atoms with Crippen molar-refractivity contribution in [2.45, 2.75) is 19.3 Å². The molecular formula is C17H19N3S. The van der Waals surface area contributed by atoms with Crippen LogP contribution in [0, 0.1) is 0 Å². The van der Waals surface area contributed by atoms with E-state index in [4.69, 9.17) is 5.73 Å². The van der Waals surface area contributed by atoms with Crippen molar-refractivity contribution < 1.29 is 0 Å². The summed E-state index contributed by atoms with van der Waals surface area (Å²) in [5.74, 6) is 0. The molecule has 0 unspecified atom stereocenters. The van der Waals surface area contributed by atoms with Gasteiger partial charge >= 0.3 is 0 Å². The van der Waals surface area contributed by atoms with Gasteiger partial charge in [-0.25, -0.2) is 0 Å². The molecule has 0 aliphatic heterocycles. The van der Waals surface area contributed by atoms with Crippen LogP contribution in [-0.4, -0.2) is 11.5 Å². The average Bonchev–Trinajstić information content (AvgIpc) is 3.02. The van der Waals surface area contributed by atoms with Crippen LogP contribution in [0.4, 0.5) is 11.4 Å². The van der Waals surface area contributed by atoms with Crippen LogP contribution in [0.2, 0.25) is 0 Å². The summed E-state index contributed by atoms with van der Waals surface area (Å²) in [4.78, 5) is 5.70. The Bertz CT molecular complexity index is 748. The number of nitrogen functional groups attached to an aromatic ring is 1. The summed E-state index contributed by atoms with van der Waals surface area (Å²) in [5.41, 5.74) is 9.01. The molecule has 0 saturated carbocycles. The second-order valence-electron chi connectivity index (χ2n) is 5.81. The Morgan fingerprint density at radius 3 is 2.81 bits per heavy atom. The highest BCUT2D eigenvalue weighted by molar-refractivity contribution is 7.10. The predicted octanol–water partition coefficient (Wildman–Crippen LogP) is 4.27. The summed E-state index contributed by atoms with van der Waals surface area (Å²) in [7, 11) is 0. The number of thiophene rings is 1. The second-order valence-corrected chi connectivity index (χ2v) is 6.76. The van der Waals surface area contributed by atoms with Gasteiger partial charge in [-0.15, -0.1) is 11.3 Å². The molecule has 0 saturated heterocycles. The van der Waals surface area contributed by atoms with Crippen molar-refractivity contribution in [3.8, 4) is 0 Å². The highest BCUT2D eigenvalue weighted by Gasteiger charge is 2.21. The lowest BCUT2D eigenvalue weighted by Crippen LogP contribution is -2.26. The molecular weight excluding hydrogens is 278 g/mol. The second kappa shape index (κ2) is 5.37. The summed E-state index contributed by atoms with van der Waals surface area (Å²) in [6.45, 7) is 5.32. The first kappa shape index (κ1) is 13.9. The molecule has 21 heavy (non-hydrogen) atoms. The molecule has 3 rings (SSSR count). The third kappa shape index (κ3) is 2.72. The van der Waals surface area contributed by atoms with Gasteiger partial charge in [-0.3, -0.25) is 4.98 Å². The van der Waals surface area contributed by atoms with E-state index < -0.39 is 0 Å². The molecule has 3 nitrogen and oxygen atoms in total. The minimum Gasteiger partial charge on any atom is -0.397 e. The number of rotatable bonds is 4. The first-order chi connectivity index (χ1) is 10.1. The zero-order valence-corrected chi connectivity index (χ0v) is 13.1. The van der Waals surface area contributed by atoms with Crippen LogP contribution >= 0.6 is 11.3 Å². The van der Waals surface area contributed by atoms with Gasteiger partial charge in [0.15, 0.2) is 0 Å². The monoisotopic (exact) mass is 297 g/mol. The Morgan fingerprint density at radius 2 is 2.05 bits per heavy atom. The lowest BCUT2D eigenvalue weighted by molar-refractivity contribution is 0.569. The van der Waals surface area contributed by atoms with Crippen molar-refractivity contribution in [3.05, 3.63) is 52.9 Å². The molecule has 1 aromatic carbocycles. The van der Waals surface area contributed by atoms with Crippen LogP contribution in [0.5, 0.6) is 0 Å². The Morgan fingerprint density at radius 1 is 1.19 bits per heavy atom. The van der Waals surface area contributed by atoms with Crippen molar-refractivity contribution in [2.75, 3.05) is 17.6 Å². The van der Waals surface area contributed by atoms with E-state index in [0.717, 1.165) is 28.8 Å². The minimum atomic E-state index is 0.0739. The van der Waals surface area contributed by atoms with E-state index in [0.29, 0.717) is 0 Å². The molecule has 0 aliphatic carbocycles. The number of nitrogens with zero attached hydrogens (tertiary/aromatic N) is 1. The number of hydrogen-bond acceptors (Lipinski definition) is 4. The molecule has 0 amide bonds. The number of nitrogens with one attached hydrogen (secondary N) is 1. The van der Waals surface area contributed by atoms with Gasteiger partial charge in [0.25, 0.3) is 0 Å². The van der Waals surface area contributed by atoms with Crippen LogP contribution < -0.4 is 11.1 Å². The Hall–Kier alpha value is -2.07. The zero-order chi connectivity index (χ0) is 14.9. The fourth-order valence-corrected chi connectivity index (χ4v) is 3.25. The van der Waals surface area contributed by atoms with Gasteiger partial charge in [0.1, 0.15) is 0 Å². The molecule has 0 bridgehead atoms. The third-order valence-electron chi connectivity index (χ3n) is 3.74. The summed E-state index contributed by atoms with van der Waals surface area (Å²) in [6.07, 6.45) is 1.79. The molecule has 0 aliphatic rings. The number of pyridine rings is 1. The van der Waals surface area contributed by atoms with Gasteiger partial charge in [-0.1, -0.05) is 19.9 Å². The van der Waals surface area contributed by atoms with Gasteiger partial charge in [0.2, 0.25) is 0 Å². The van der Waals surface area contributed by atoms with Gasteiger partial charge in [-0.2, -0.15) is 0 Å². The van der Waals surface area contributed by atoms with Crippen molar-refractivity contribution in [3.63, 3.8) is 0 Å². The first-order valence-corrected chi connectivity index (χ1v) is 7.87. The van der Waals surface area contributed by atoms with E-state index in [-0.39, 0.29) is 5.41 Å². The number of anilines is 2. The molecule has 108 valence electrons. The van der Waals surface area contributed by atoms with Gasteiger partial charge in [0.05, 0.1) is 16.9 Å². The number of benzene rings is 1. The van der Waals surface area contributed by atoms with Gasteiger partial charge < -0.3 is 11.1 Å². The minimum absolute atomic E-state index is 0.0739. The van der Waals surface area contributed by atoms with Crippen LogP contribution in [0.1, 0.15) is 18.7 Å². The van der Waals surface area contributed by atoms with E-state index in [2.05, 4.69) is 41.7 Å². The standard InChI is InChI=1S/C17H19N3S/c1-17(2,15-6-4-10-21-15)11-20-14-8-7-13-12(16(14)18)5-3-9-19-13/h3-10,20H,11,18H2,1-2H3. The molecule has 0 spiro atoms. The predicted molar refractivity (Wildman–Crippen MR) is 92.0 cm³/mol. The molecule has 0 fully saturated rings. The zero-order valence-electron chi connectivity index (χ0n) is 12.3. The third-order valence-corrected chi connectivity index (χ3v) is 4.97. The first-order valence-electron chi connectivity index (χ1n) is 6.99. The normalized spacial score (nSPS) is 11.7.